The Morgan fingerprint density at radius 2 is 1.93 bits per heavy atom. The van der Waals surface area contributed by atoms with Gasteiger partial charge in [0.1, 0.15) is 6.04 Å². The lowest BCUT2D eigenvalue weighted by molar-refractivity contribution is -0.123. The van der Waals surface area contributed by atoms with E-state index >= 15 is 0 Å². The van der Waals surface area contributed by atoms with E-state index in [0.717, 1.165) is 17.8 Å². The van der Waals surface area contributed by atoms with Crippen LogP contribution < -0.4 is 20.1 Å². The Balaban J connectivity index is 1.76. The van der Waals surface area contributed by atoms with Crippen molar-refractivity contribution in [2.75, 3.05) is 38.8 Å². The third kappa shape index (κ3) is 4.46. The minimum absolute atomic E-state index is 0.331. The van der Waals surface area contributed by atoms with E-state index in [2.05, 4.69) is 9.80 Å². The fraction of sp³-hybridized carbons (Fsp3) is 0.350. The van der Waals surface area contributed by atoms with Crippen LogP contribution in [0.2, 0.25) is 5.02 Å². The number of anilines is 1. The SMILES string of the molecule is COc1ccc(CN2CCN(c3cccc(Cl)c3)CC2C(N)=O)cc1OC. The molecule has 7 heteroatoms. The van der Waals surface area contributed by atoms with Crippen LogP contribution in [0.5, 0.6) is 11.5 Å². The van der Waals surface area contributed by atoms with E-state index in [1.807, 2.05) is 42.5 Å². The molecule has 1 aliphatic rings. The topological polar surface area (TPSA) is 68.0 Å². The van der Waals surface area contributed by atoms with Gasteiger partial charge in [-0.3, -0.25) is 9.69 Å². The van der Waals surface area contributed by atoms with Crippen LogP contribution in [0.1, 0.15) is 5.56 Å². The number of benzene rings is 2. The molecule has 6 nitrogen and oxygen atoms in total. The zero-order valence-electron chi connectivity index (χ0n) is 15.5. The first kappa shape index (κ1) is 19.3. The number of hydrogen-bond acceptors (Lipinski definition) is 5. The van der Waals surface area contributed by atoms with E-state index in [4.69, 9.17) is 26.8 Å². The van der Waals surface area contributed by atoms with Gasteiger partial charge < -0.3 is 20.1 Å². The molecule has 2 aromatic carbocycles. The largest absolute Gasteiger partial charge is 0.493 e. The molecule has 0 saturated carbocycles. The van der Waals surface area contributed by atoms with Gasteiger partial charge in [0.15, 0.2) is 11.5 Å². The highest BCUT2D eigenvalue weighted by Gasteiger charge is 2.31. The molecular formula is C20H24ClN3O3. The van der Waals surface area contributed by atoms with E-state index in [0.29, 0.717) is 36.2 Å². The molecule has 1 heterocycles. The highest BCUT2D eigenvalue weighted by Crippen LogP contribution is 2.29. The molecule has 2 N–H and O–H groups in total. The molecule has 0 bridgehead atoms. The third-order valence-electron chi connectivity index (χ3n) is 4.83. The first-order valence-electron chi connectivity index (χ1n) is 8.76. The molecule has 1 unspecified atom stereocenters. The summed E-state index contributed by atoms with van der Waals surface area (Å²) in [5.41, 5.74) is 7.74. The number of rotatable bonds is 6. The summed E-state index contributed by atoms with van der Waals surface area (Å²) < 4.78 is 10.7. The Hall–Kier alpha value is -2.44. The van der Waals surface area contributed by atoms with Gasteiger partial charge in [-0.15, -0.1) is 0 Å². The fourth-order valence-electron chi connectivity index (χ4n) is 3.40. The molecule has 3 rings (SSSR count). The van der Waals surface area contributed by atoms with Crippen molar-refractivity contribution in [3.63, 3.8) is 0 Å². The van der Waals surface area contributed by atoms with Crippen molar-refractivity contribution in [3.05, 3.63) is 53.1 Å². The second-order valence-corrected chi connectivity index (χ2v) is 6.94. The number of carbonyl (C=O) groups is 1. The predicted molar refractivity (Wildman–Crippen MR) is 107 cm³/mol. The normalized spacial score (nSPS) is 17.6. The molecule has 0 spiro atoms. The highest BCUT2D eigenvalue weighted by atomic mass is 35.5. The average Bonchev–Trinajstić information content (AvgIpc) is 2.68. The first-order valence-corrected chi connectivity index (χ1v) is 9.14. The van der Waals surface area contributed by atoms with Crippen LogP contribution in [0.25, 0.3) is 0 Å². The maximum atomic E-state index is 12.1. The minimum Gasteiger partial charge on any atom is -0.493 e. The van der Waals surface area contributed by atoms with Gasteiger partial charge in [-0.25, -0.2) is 0 Å². The van der Waals surface area contributed by atoms with Crippen molar-refractivity contribution in [2.24, 2.45) is 5.73 Å². The quantitative estimate of drug-likeness (QED) is 0.822. The molecule has 1 saturated heterocycles. The van der Waals surface area contributed by atoms with E-state index in [1.54, 1.807) is 14.2 Å². The van der Waals surface area contributed by atoms with E-state index in [9.17, 15) is 4.79 Å². The molecule has 2 aromatic rings. The van der Waals surface area contributed by atoms with Crippen LogP contribution in [0, 0.1) is 0 Å². The number of piperazine rings is 1. The summed E-state index contributed by atoms with van der Waals surface area (Å²) in [5.74, 6) is 1.02. The summed E-state index contributed by atoms with van der Waals surface area (Å²) in [6.07, 6.45) is 0. The summed E-state index contributed by atoms with van der Waals surface area (Å²) in [7, 11) is 3.22. The fourth-order valence-corrected chi connectivity index (χ4v) is 3.59. The van der Waals surface area contributed by atoms with Crippen molar-refractivity contribution in [1.82, 2.24) is 4.90 Å². The van der Waals surface area contributed by atoms with Gasteiger partial charge in [-0.2, -0.15) is 0 Å². The van der Waals surface area contributed by atoms with Crippen molar-refractivity contribution >= 4 is 23.2 Å². The first-order chi connectivity index (χ1) is 13.0. The number of nitrogens with two attached hydrogens (primary N) is 1. The molecule has 1 amide bonds. The molecule has 0 aromatic heterocycles. The van der Waals surface area contributed by atoms with E-state index in [1.165, 1.54) is 0 Å². The standard InChI is InChI=1S/C20H24ClN3O3/c1-26-18-7-6-14(10-19(18)27-2)12-24-9-8-23(13-17(24)20(22)25)16-5-3-4-15(21)11-16/h3-7,10-11,17H,8-9,12-13H2,1-2H3,(H2,22,25). The number of ether oxygens (including phenoxy) is 2. The van der Waals surface area contributed by atoms with Crippen LogP contribution >= 0.6 is 11.6 Å². The minimum atomic E-state index is -0.383. The number of nitrogens with zero attached hydrogens (tertiary/aromatic N) is 2. The molecule has 0 radical (unpaired) electrons. The summed E-state index contributed by atoms with van der Waals surface area (Å²) in [5, 5.41) is 0.677. The van der Waals surface area contributed by atoms with Crippen molar-refractivity contribution in [2.45, 2.75) is 12.6 Å². The maximum Gasteiger partial charge on any atom is 0.236 e. The van der Waals surface area contributed by atoms with Gasteiger partial charge in [0.2, 0.25) is 5.91 Å². The van der Waals surface area contributed by atoms with Crippen LogP contribution in [0.4, 0.5) is 5.69 Å². The lowest BCUT2D eigenvalue weighted by Gasteiger charge is -2.41. The number of halogens is 1. The third-order valence-corrected chi connectivity index (χ3v) is 5.06. The average molecular weight is 390 g/mol. The Bertz CT molecular complexity index is 815. The molecule has 1 fully saturated rings. The molecular weight excluding hydrogens is 366 g/mol. The highest BCUT2D eigenvalue weighted by molar-refractivity contribution is 6.30. The Morgan fingerprint density at radius 1 is 1.15 bits per heavy atom. The predicted octanol–water partition coefficient (Wildman–Crippen LogP) is 2.53. The smallest absolute Gasteiger partial charge is 0.236 e. The number of amides is 1. The van der Waals surface area contributed by atoms with Gasteiger partial charge >= 0.3 is 0 Å². The van der Waals surface area contributed by atoms with Crippen molar-refractivity contribution < 1.29 is 14.3 Å². The molecule has 1 aliphatic heterocycles. The summed E-state index contributed by atoms with van der Waals surface area (Å²) in [4.78, 5) is 16.4. The lowest BCUT2D eigenvalue weighted by Crippen LogP contribution is -2.57. The number of primary amides is 1. The monoisotopic (exact) mass is 389 g/mol. The van der Waals surface area contributed by atoms with Gasteiger partial charge in [0.25, 0.3) is 0 Å². The molecule has 0 aliphatic carbocycles. The van der Waals surface area contributed by atoms with Crippen LogP contribution in [0.15, 0.2) is 42.5 Å². The zero-order chi connectivity index (χ0) is 19.4. The Kier molecular flexibility index (Phi) is 6.08. The number of hydrogen-bond donors (Lipinski definition) is 1. The Morgan fingerprint density at radius 3 is 2.59 bits per heavy atom. The second kappa shape index (κ2) is 8.50. The van der Waals surface area contributed by atoms with Crippen LogP contribution in [-0.4, -0.2) is 50.7 Å². The summed E-state index contributed by atoms with van der Waals surface area (Å²) >= 11 is 6.10. The van der Waals surface area contributed by atoms with Gasteiger partial charge in [0, 0.05) is 36.9 Å². The number of methoxy groups -OCH3 is 2. The van der Waals surface area contributed by atoms with Crippen molar-refractivity contribution in [3.8, 4) is 11.5 Å². The molecule has 27 heavy (non-hydrogen) atoms. The van der Waals surface area contributed by atoms with Gasteiger partial charge in [0.05, 0.1) is 14.2 Å². The van der Waals surface area contributed by atoms with Gasteiger partial charge in [-0.05, 0) is 35.9 Å². The second-order valence-electron chi connectivity index (χ2n) is 6.50. The van der Waals surface area contributed by atoms with E-state index in [-0.39, 0.29) is 11.9 Å². The van der Waals surface area contributed by atoms with Crippen LogP contribution in [-0.2, 0) is 11.3 Å². The number of carbonyl (C=O) groups excluding carboxylic acids is 1. The maximum absolute atomic E-state index is 12.1. The lowest BCUT2D eigenvalue weighted by atomic mass is 10.1. The zero-order valence-corrected chi connectivity index (χ0v) is 16.3. The summed E-state index contributed by atoms with van der Waals surface area (Å²) in [6, 6.07) is 13.0. The van der Waals surface area contributed by atoms with Gasteiger partial charge in [-0.1, -0.05) is 23.7 Å². The summed E-state index contributed by atoms with van der Waals surface area (Å²) in [6.45, 7) is 2.65. The Labute approximate surface area is 164 Å². The van der Waals surface area contributed by atoms with E-state index < -0.39 is 0 Å². The van der Waals surface area contributed by atoms with Crippen molar-refractivity contribution in [1.29, 1.82) is 0 Å². The van der Waals surface area contributed by atoms with Crippen LogP contribution in [0.3, 0.4) is 0 Å². The molecule has 1 atom stereocenters. The molecule has 144 valence electrons.